The van der Waals surface area contributed by atoms with Crippen LogP contribution in [-0.2, 0) is 6.54 Å². The van der Waals surface area contributed by atoms with E-state index in [-0.39, 0.29) is 11.7 Å². The number of carbonyl (C=O) groups is 1. The molecule has 0 atom stereocenters. The van der Waals surface area contributed by atoms with Crippen LogP contribution in [0.5, 0.6) is 0 Å². The first-order valence-corrected chi connectivity index (χ1v) is 7.35. The monoisotopic (exact) mass is 322 g/mol. The minimum atomic E-state index is -0.351. The molecule has 0 saturated heterocycles. The molecule has 0 aliphatic heterocycles. The zero-order chi connectivity index (χ0) is 16.8. The van der Waals surface area contributed by atoms with E-state index < -0.39 is 0 Å². The SMILES string of the molecule is O=C(Nc1ccc(F)cc1)c1cncc(NCc2cccnc2)c1. The van der Waals surface area contributed by atoms with Crippen LogP contribution >= 0.6 is 0 Å². The van der Waals surface area contributed by atoms with Gasteiger partial charge in [0.15, 0.2) is 0 Å². The second-order valence-corrected chi connectivity index (χ2v) is 5.14. The van der Waals surface area contributed by atoms with Crippen LogP contribution in [0.4, 0.5) is 15.8 Å². The number of pyridine rings is 2. The molecule has 0 fully saturated rings. The lowest BCUT2D eigenvalue weighted by molar-refractivity contribution is 0.102. The lowest BCUT2D eigenvalue weighted by Gasteiger charge is -2.08. The highest BCUT2D eigenvalue weighted by Gasteiger charge is 2.08. The molecule has 2 aromatic heterocycles. The normalized spacial score (nSPS) is 10.2. The average Bonchev–Trinajstić information content (AvgIpc) is 2.63. The van der Waals surface area contributed by atoms with Gasteiger partial charge >= 0.3 is 0 Å². The maximum absolute atomic E-state index is 12.9. The molecular formula is C18H15FN4O. The molecule has 1 aromatic carbocycles. The first kappa shape index (κ1) is 15.6. The Kier molecular flexibility index (Phi) is 4.76. The van der Waals surface area contributed by atoms with Crippen LogP contribution in [0.3, 0.4) is 0 Å². The predicted molar refractivity (Wildman–Crippen MR) is 90.2 cm³/mol. The average molecular weight is 322 g/mol. The van der Waals surface area contributed by atoms with Crippen molar-refractivity contribution in [2.45, 2.75) is 6.54 Å². The summed E-state index contributed by atoms with van der Waals surface area (Å²) in [5, 5.41) is 5.90. The molecule has 2 heterocycles. The van der Waals surface area contributed by atoms with Crippen molar-refractivity contribution in [3.05, 3.63) is 84.2 Å². The topological polar surface area (TPSA) is 66.9 Å². The number of nitrogens with one attached hydrogen (secondary N) is 2. The lowest BCUT2D eigenvalue weighted by atomic mass is 10.2. The van der Waals surface area contributed by atoms with Gasteiger partial charge in [0.1, 0.15) is 5.82 Å². The number of hydrogen-bond acceptors (Lipinski definition) is 4. The largest absolute Gasteiger partial charge is 0.380 e. The molecule has 24 heavy (non-hydrogen) atoms. The molecule has 0 radical (unpaired) electrons. The molecule has 120 valence electrons. The molecule has 5 nitrogen and oxygen atoms in total. The number of aromatic nitrogens is 2. The molecule has 3 rings (SSSR count). The number of carbonyl (C=O) groups excluding carboxylic acids is 1. The third-order valence-electron chi connectivity index (χ3n) is 3.32. The Morgan fingerprint density at radius 2 is 1.83 bits per heavy atom. The number of anilines is 2. The Hall–Kier alpha value is -3.28. The Balaban J connectivity index is 1.65. The maximum atomic E-state index is 12.9. The summed E-state index contributed by atoms with van der Waals surface area (Å²) in [6, 6.07) is 11.1. The summed E-state index contributed by atoms with van der Waals surface area (Å²) < 4.78 is 12.9. The van der Waals surface area contributed by atoms with E-state index in [0.29, 0.717) is 17.8 Å². The van der Waals surface area contributed by atoms with Gasteiger partial charge in [-0.25, -0.2) is 4.39 Å². The van der Waals surface area contributed by atoms with Crippen molar-refractivity contribution < 1.29 is 9.18 Å². The highest BCUT2D eigenvalue weighted by Crippen LogP contribution is 2.13. The summed E-state index contributed by atoms with van der Waals surface area (Å²) >= 11 is 0. The van der Waals surface area contributed by atoms with Crippen molar-refractivity contribution in [2.24, 2.45) is 0 Å². The van der Waals surface area contributed by atoms with Gasteiger partial charge in [-0.15, -0.1) is 0 Å². The van der Waals surface area contributed by atoms with E-state index in [9.17, 15) is 9.18 Å². The van der Waals surface area contributed by atoms with Gasteiger partial charge in [-0.1, -0.05) is 6.07 Å². The first-order chi connectivity index (χ1) is 11.7. The van der Waals surface area contributed by atoms with Crippen LogP contribution in [0, 0.1) is 5.82 Å². The van der Waals surface area contributed by atoms with E-state index in [1.165, 1.54) is 30.5 Å². The maximum Gasteiger partial charge on any atom is 0.257 e. The molecule has 2 N–H and O–H groups in total. The van der Waals surface area contributed by atoms with Crippen molar-refractivity contribution in [2.75, 3.05) is 10.6 Å². The van der Waals surface area contributed by atoms with E-state index in [0.717, 1.165) is 11.3 Å². The number of benzene rings is 1. The smallest absolute Gasteiger partial charge is 0.257 e. The van der Waals surface area contributed by atoms with Crippen molar-refractivity contribution in [3.63, 3.8) is 0 Å². The highest BCUT2D eigenvalue weighted by molar-refractivity contribution is 6.04. The lowest BCUT2D eigenvalue weighted by Crippen LogP contribution is -2.12. The van der Waals surface area contributed by atoms with Gasteiger partial charge in [0.05, 0.1) is 11.3 Å². The van der Waals surface area contributed by atoms with Gasteiger partial charge in [-0.2, -0.15) is 0 Å². The standard InChI is InChI=1S/C18H15FN4O/c19-15-3-5-16(6-4-15)23-18(24)14-8-17(12-21-11-14)22-10-13-2-1-7-20-9-13/h1-9,11-12,22H,10H2,(H,23,24). The van der Waals surface area contributed by atoms with Crippen LogP contribution in [-0.4, -0.2) is 15.9 Å². The summed E-state index contributed by atoms with van der Waals surface area (Å²) in [6.45, 7) is 0.582. The third-order valence-corrected chi connectivity index (χ3v) is 3.32. The second-order valence-electron chi connectivity index (χ2n) is 5.14. The van der Waals surface area contributed by atoms with E-state index in [1.54, 1.807) is 24.7 Å². The van der Waals surface area contributed by atoms with Gasteiger partial charge in [0.2, 0.25) is 0 Å². The number of nitrogens with zero attached hydrogens (tertiary/aromatic N) is 2. The number of amides is 1. The summed E-state index contributed by atoms with van der Waals surface area (Å²) in [5.41, 5.74) is 2.69. The molecule has 0 aliphatic rings. The molecule has 3 aromatic rings. The van der Waals surface area contributed by atoms with E-state index in [4.69, 9.17) is 0 Å². The van der Waals surface area contributed by atoms with Crippen LogP contribution in [0.1, 0.15) is 15.9 Å². The second kappa shape index (κ2) is 7.32. The Bertz CT molecular complexity index is 822. The van der Waals surface area contributed by atoms with E-state index >= 15 is 0 Å². The molecule has 6 heteroatoms. The van der Waals surface area contributed by atoms with Gasteiger partial charge < -0.3 is 10.6 Å². The van der Waals surface area contributed by atoms with Crippen LogP contribution in [0.15, 0.2) is 67.3 Å². The molecule has 0 bridgehead atoms. The minimum Gasteiger partial charge on any atom is -0.380 e. The van der Waals surface area contributed by atoms with Crippen LogP contribution in [0.2, 0.25) is 0 Å². The molecule has 0 unspecified atom stereocenters. The Labute approximate surface area is 138 Å². The van der Waals surface area contributed by atoms with Crippen LogP contribution in [0.25, 0.3) is 0 Å². The fourth-order valence-electron chi connectivity index (χ4n) is 2.10. The predicted octanol–water partition coefficient (Wildman–Crippen LogP) is 3.48. The van der Waals surface area contributed by atoms with Gasteiger partial charge in [0.25, 0.3) is 5.91 Å². The zero-order valence-corrected chi connectivity index (χ0v) is 12.7. The highest BCUT2D eigenvalue weighted by atomic mass is 19.1. The van der Waals surface area contributed by atoms with Gasteiger partial charge in [0, 0.05) is 37.0 Å². The number of hydrogen-bond donors (Lipinski definition) is 2. The first-order valence-electron chi connectivity index (χ1n) is 7.35. The quantitative estimate of drug-likeness (QED) is 0.755. The minimum absolute atomic E-state index is 0.306. The molecule has 0 spiro atoms. The Morgan fingerprint density at radius 1 is 1.00 bits per heavy atom. The van der Waals surface area contributed by atoms with E-state index in [1.807, 2.05) is 12.1 Å². The summed E-state index contributed by atoms with van der Waals surface area (Å²) in [5.74, 6) is -0.657. The zero-order valence-electron chi connectivity index (χ0n) is 12.7. The van der Waals surface area contributed by atoms with Crippen molar-refractivity contribution in [3.8, 4) is 0 Å². The van der Waals surface area contributed by atoms with Gasteiger partial charge in [-0.3, -0.25) is 14.8 Å². The summed E-state index contributed by atoms with van der Waals surface area (Å²) in [7, 11) is 0. The fourth-order valence-corrected chi connectivity index (χ4v) is 2.10. The van der Waals surface area contributed by atoms with Crippen molar-refractivity contribution in [1.82, 2.24) is 9.97 Å². The van der Waals surface area contributed by atoms with Crippen molar-refractivity contribution in [1.29, 1.82) is 0 Å². The molecule has 1 amide bonds. The molecule has 0 aliphatic carbocycles. The molecule has 0 saturated carbocycles. The fraction of sp³-hybridized carbons (Fsp3) is 0.0556. The summed E-state index contributed by atoms with van der Waals surface area (Å²) in [6.07, 6.45) is 6.61. The number of rotatable bonds is 5. The third kappa shape index (κ3) is 4.13. The van der Waals surface area contributed by atoms with Crippen LogP contribution < -0.4 is 10.6 Å². The molecular weight excluding hydrogens is 307 g/mol. The Morgan fingerprint density at radius 3 is 2.58 bits per heavy atom. The summed E-state index contributed by atoms with van der Waals surface area (Å²) in [4.78, 5) is 20.4. The number of halogens is 1. The van der Waals surface area contributed by atoms with Crippen molar-refractivity contribution >= 4 is 17.3 Å². The van der Waals surface area contributed by atoms with E-state index in [2.05, 4.69) is 20.6 Å². The van der Waals surface area contributed by atoms with Gasteiger partial charge in [-0.05, 0) is 42.0 Å².